The summed E-state index contributed by atoms with van der Waals surface area (Å²) in [4.78, 5) is 23.8. The zero-order valence-corrected chi connectivity index (χ0v) is 14.0. The lowest BCUT2D eigenvalue weighted by molar-refractivity contribution is -0.143. The van der Waals surface area contributed by atoms with Crippen LogP contribution in [0.3, 0.4) is 0 Å². The molecule has 0 unspecified atom stereocenters. The van der Waals surface area contributed by atoms with E-state index in [0.29, 0.717) is 30.9 Å². The zero-order valence-electron chi connectivity index (χ0n) is 14.0. The van der Waals surface area contributed by atoms with E-state index in [2.05, 4.69) is 26.1 Å². The first-order chi connectivity index (χ1) is 9.95. The first-order valence-electron chi connectivity index (χ1n) is 8.39. The first kappa shape index (κ1) is 18.0. The SMILES string of the molecule is CCCOC(=O)CCNC(=O)[C@@H]1C[C@H](C)CC[C@H]1C(C)C. The molecular weight excluding hydrogens is 266 g/mol. The summed E-state index contributed by atoms with van der Waals surface area (Å²) in [6.45, 7) is 9.43. The van der Waals surface area contributed by atoms with E-state index in [1.165, 1.54) is 6.42 Å². The fraction of sp³-hybridized carbons (Fsp3) is 0.882. The molecule has 0 spiro atoms. The molecule has 1 aliphatic carbocycles. The van der Waals surface area contributed by atoms with Gasteiger partial charge in [-0.3, -0.25) is 9.59 Å². The van der Waals surface area contributed by atoms with Gasteiger partial charge in [0.15, 0.2) is 0 Å². The second kappa shape index (κ2) is 9.06. The molecule has 122 valence electrons. The Morgan fingerprint density at radius 3 is 2.62 bits per heavy atom. The van der Waals surface area contributed by atoms with Crippen LogP contribution in [0.25, 0.3) is 0 Å². The average molecular weight is 297 g/mol. The molecule has 0 saturated heterocycles. The number of hydrogen-bond acceptors (Lipinski definition) is 3. The number of amides is 1. The minimum atomic E-state index is -0.227. The fourth-order valence-electron chi connectivity index (χ4n) is 3.21. The molecule has 0 aliphatic heterocycles. The largest absolute Gasteiger partial charge is 0.466 e. The van der Waals surface area contributed by atoms with Gasteiger partial charge in [0, 0.05) is 12.5 Å². The molecule has 1 aliphatic rings. The maximum Gasteiger partial charge on any atom is 0.307 e. The Hall–Kier alpha value is -1.06. The maximum atomic E-state index is 12.4. The van der Waals surface area contributed by atoms with Crippen molar-refractivity contribution in [3.05, 3.63) is 0 Å². The normalized spacial score (nSPS) is 25.7. The molecule has 1 rings (SSSR count). The van der Waals surface area contributed by atoms with Gasteiger partial charge >= 0.3 is 5.97 Å². The predicted octanol–water partition coefficient (Wildman–Crippen LogP) is 3.15. The zero-order chi connectivity index (χ0) is 15.8. The van der Waals surface area contributed by atoms with E-state index in [1.54, 1.807) is 0 Å². The maximum absolute atomic E-state index is 12.4. The van der Waals surface area contributed by atoms with Crippen molar-refractivity contribution in [2.75, 3.05) is 13.2 Å². The smallest absolute Gasteiger partial charge is 0.307 e. The van der Waals surface area contributed by atoms with E-state index >= 15 is 0 Å². The molecule has 21 heavy (non-hydrogen) atoms. The van der Waals surface area contributed by atoms with Gasteiger partial charge in [-0.25, -0.2) is 0 Å². The van der Waals surface area contributed by atoms with Crippen molar-refractivity contribution in [2.24, 2.45) is 23.7 Å². The van der Waals surface area contributed by atoms with Crippen molar-refractivity contribution in [1.29, 1.82) is 0 Å². The van der Waals surface area contributed by atoms with Crippen LogP contribution in [0.15, 0.2) is 0 Å². The summed E-state index contributed by atoms with van der Waals surface area (Å²) in [7, 11) is 0. The van der Waals surface area contributed by atoms with Crippen molar-refractivity contribution in [1.82, 2.24) is 5.32 Å². The van der Waals surface area contributed by atoms with Crippen LogP contribution in [-0.4, -0.2) is 25.0 Å². The number of ether oxygens (including phenoxy) is 1. The summed E-state index contributed by atoms with van der Waals surface area (Å²) >= 11 is 0. The number of rotatable bonds is 7. The van der Waals surface area contributed by atoms with Gasteiger partial charge in [0.25, 0.3) is 0 Å². The Morgan fingerprint density at radius 1 is 1.29 bits per heavy atom. The molecule has 0 aromatic rings. The molecule has 1 N–H and O–H groups in total. The van der Waals surface area contributed by atoms with Crippen LogP contribution in [0, 0.1) is 23.7 Å². The highest BCUT2D eigenvalue weighted by Crippen LogP contribution is 2.37. The van der Waals surface area contributed by atoms with Crippen molar-refractivity contribution in [3.8, 4) is 0 Å². The van der Waals surface area contributed by atoms with Gasteiger partial charge in [0.2, 0.25) is 5.91 Å². The molecule has 0 bridgehead atoms. The van der Waals surface area contributed by atoms with E-state index in [9.17, 15) is 9.59 Å². The lowest BCUT2D eigenvalue weighted by atomic mass is 9.70. The summed E-state index contributed by atoms with van der Waals surface area (Å²) in [6, 6.07) is 0. The number of carbonyl (C=O) groups is 2. The van der Waals surface area contributed by atoms with Gasteiger partial charge in [0.1, 0.15) is 0 Å². The van der Waals surface area contributed by atoms with Crippen molar-refractivity contribution in [3.63, 3.8) is 0 Å². The van der Waals surface area contributed by atoms with Crippen LogP contribution in [0.4, 0.5) is 0 Å². The minimum absolute atomic E-state index is 0.0976. The second-order valence-corrected chi connectivity index (χ2v) is 6.69. The van der Waals surface area contributed by atoms with Crippen LogP contribution in [-0.2, 0) is 14.3 Å². The van der Waals surface area contributed by atoms with Gasteiger partial charge in [0.05, 0.1) is 13.0 Å². The third-order valence-electron chi connectivity index (χ3n) is 4.45. The second-order valence-electron chi connectivity index (χ2n) is 6.69. The number of carbonyl (C=O) groups excluding carboxylic acids is 2. The van der Waals surface area contributed by atoms with Gasteiger partial charge in [-0.2, -0.15) is 0 Å². The average Bonchev–Trinajstić information content (AvgIpc) is 2.44. The third kappa shape index (κ3) is 6.06. The first-order valence-corrected chi connectivity index (χ1v) is 8.39. The highest BCUT2D eigenvalue weighted by molar-refractivity contribution is 5.79. The van der Waals surface area contributed by atoms with Gasteiger partial charge in [-0.05, 0) is 37.0 Å². The molecule has 1 amide bonds. The number of nitrogens with one attached hydrogen (secondary N) is 1. The monoisotopic (exact) mass is 297 g/mol. The lowest BCUT2D eigenvalue weighted by Gasteiger charge is -2.36. The summed E-state index contributed by atoms with van der Waals surface area (Å²) in [5.41, 5.74) is 0. The van der Waals surface area contributed by atoms with Crippen molar-refractivity contribution >= 4 is 11.9 Å². The molecule has 0 aromatic carbocycles. The topological polar surface area (TPSA) is 55.4 Å². The Balaban J connectivity index is 2.39. The molecule has 0 aromatic heterocycles. The molecule has 1 fully saturated rings. The Labute approximate surface area is 129 Å². The Morgan fingerprint density at radius 2 is 2.00 bits per heavy atom. The van der Waals surface area contributed by atoms with E-state index in [1.807, 2.05) is 6.92 Å². The van der Waals surface area contributed by atoms with Gasteiger partial charge in [-0.1, -0.05) is 34.1 Å². The molecule has 3 atom stereocenters. The van der Waals surface area contributed by atoms with Crippen LogP contribution in [0.1, 0.15) is 59.8 Å². The standard InChI is InChI=1S/C17H31NO3/c1-5-10-21-16(19)8-9-18-17(20)15-11-13(4)6-7-14(15)12(2)3/h12-15H,5-11H2,1-4H3,(H,18,20)/t13-,14+,15-/m1/s1. The minimum Gasteiger partial charge on any atom is -0.466 e. The molecule has 4 heteroatoms. The van der Waals surface area contributed by atoms with E-state index in [-0.39, 0.29) is 24.2 Å². The summed E-state index contributed by atoms with van der Waals surface area (Å²) in [6.07, 6.45) is 4.41. The Kier molecular flexibility index (Phi) is 7.76. The van der Waals surface area contributed by atoms with Crippen molar-refractivity contribution in [2.45, 2.75) is 59.8 Å². The van der Waals surface area contributed by atoms with Gasteiger partial charge in [-0.15, -0.1) is 0 Å². The summed E-state index contributed by atoms with van der Waals surface area (Å²) < 4.78 is 5.00. The third-order valence-corrected chi connectivity index (χ3v) is 4.45. The van der Waals surface area contributed by atoms with Crippen molar-refractivity contribution < 1.29 is 14.3 Å². The van der Waals surface area contributed by atoms with Crippen LogP contribution in [0.5, 0.6) is 0 Å². The molecule has 0 radical (unpaired) electrons. The van der Waals surface area contributed by atoms with Crippen LogP contribution in [0.2, 0.25) is 0 Å². The summed E-state index contributed by atoms with van der Waals surface area (Å²) in [5.74, 6) is 1.60. The van der Waals surface area contributed by atoms with E-state index in [0.717, 1.165) is 19.3 Å². The molecular formula is C17H31NO3. The fourth-order valence-corrected chi connectivity index (χ4v) is 3.21. The van der Waals surface area contributed by atoms with Crippen LogP contribution >= 0.6 is 0 Å². The number of hydrogen-bond donors (Lipinski definition) is 1. The van der Waals surface area contributed by atoms with Gasteiger partial charge < -0.3 is 10.1 Å². The van der Waals surface area contributed by atoms with E-state index in [4.69, 9.17) is 4.74 Å². The Bertz CT molecular complexity index is 341. The quantitative estimate of drug-likeness (QED) is 0.734. The van der Waals surface area contributed by atoms with Crippen LogP contribution < -0.4 is 5.32 Å². The van der Waals surface area contributed by atoms with E-state index < -0.39 is 0 Å². The molecule has 0 heterocycles. The lowest BCUT2D eigenvalue weighted by Crippen LogP contribution is -2.40. The molecule has 1 saturated carbocycles. The predicted molar refractivity (Wildman–Crippen MR) is 83.7 cm³/mol. The molecule has 4 nitrogen and oxygen atoms in total. The highest BCUT2D eigenvalue weighted by Gasteiger charge is 2.35. The highest BCUT2D eigenvalue weighted by atomic mass is 16.5. The number of esters is 1. The summed E-state index contributed by atoms with van der Waals surface area (Å²) in [5, 5.41) is 2.93.